The van der Waals surface area contributed by atoms with E-state index in [2.05, 4.69) is 5.32 Å². The minimum Gasteiger partial charge on any atom is -0.493 e. The maximum Gasteiger partial charge on any atom is 0.268 e. The van der Waals surface area contributed by atoms with E-state index in [4.69, 9.17) is 14.5 Å². The van der Waals surface area contributed by atoms with Crippen molar-refractivity contribution in [2.75, 3.05) is 26.1 Å². The van der Waals surface area contributed by atoms with Crippen molar-refractivity contribution in [3.8, 4) is 22.8 Å². The molecule has 0 spiro atoms. The molecular formula is C32H30N4O4S. The van der Waals surface area contributed by atoms with Crippen LogP contribution >= 0.6 is 0 Å². The number of methoxy groups -OCH3 is 2. The summed E-state index contributed by atoms with van der Waals surface area (Å²) in [7, 11) is -0.594. The number of ether oxygens (including phenoxy) is 2. The largest absolute Gasteiger partial charge is 0.493 e. The van der Waals surface area contributed by atoms with Crippen molar-refractivity contribution < 1.29 is 17.9 Å². The number of hydrogen-bond acceptors (Lipinski definition) is 6. The SMILES string of the molecule is COc1ccc(CCNc2c(-c3cn(S(=O)(=O)c4ccc(C)cc4)c4ccccc34)nc3ccccn23)cc1OC. The first-order chi connectivity index (χ1) is 19.9. The van der Waals surface area contributed by atoms with Crippen molar-refractivity contribution in [2.45, 2.75) is 18.2 Å². The molecule has 208 valence electrons. The second-order valence-electron chi connectivity index (χ2n) is 9.78. The van der Waals surface area contributed by atoms with Crippen LogP contribution in [0.4, 0.5) is 5.82 Å². The molecule has 6 rings (SSSR count). The molecular weight excluding hydrogens is 536 g/mol. The van der Waals surface area contributed by atoms with Crippen molar-refractivity contribution in [1.29, 1.82) is 0 Å². The van der Waals surface area contributed by atoms with Crippen LogP contribution in [0.1, 0.15) is 11.1 Å². The second kappa shape index (κ2) is 10.7. The molecule has 0 aliphatic rings. The molecule has 0 saturated heterocycles. The zero-order chi connectivity index (χ0) is 28.6. The number of rotatable bonds is 9. The van der Waals surface area contributed by atoms with E-state index in [0.717, 1.165) is 40.0 Å². The third kappa shape index (κ3) is 4.78. The highest BCUT2D eigenvalue weighted by molar-refractivity contribution is 7.90. The predicted molar refractivity (Wildman–Crippen MR) is 162 cm³/mol. The van der Waals surface area contributed by atoms with E-state index in [0.29, 0.717) is 29.3 Å². The fourth-order valence-electron chi connectivity index (χ4n) is 5.08. The molecule has 0 bridgehead atoms. The lowest BCUT2D eigenvalue weighted by Crippen LogP contribution is -2.11. The lowest BCUT2D eigenvalue weighted by Gasteiger charge is -2.11. The van der Waals surface area contributed by atoms with Crippen LogP contribution in [0.3, 0.4) is 0 Å². The van der Waals surface area contributed by atoms with Crippen LogP contribution in [-0.2, 0) is 16.4 Å². The Balaban J connectivity index is 1.42. The standard InChI is InChI=1S/C32H30N4O4S/c1-22-11-14-24(15-12-22)41(37,38)36-21-26(25-8-4-5-9-27(25)36)31-32(35-19-7-6-10-30(35)34-31)33-18-17-23-13-16-28(39-2)29(20-23)40-3/h4-16,19-21,33H,17-18H2,1-3H3. The van der Waals surface area contributed by atoms with Crippen molar-refractivity contribution >= 4 is 32.4 Å². The van der Waals surface area contributed by atoms with Gasteiger partial charge in [-0.1, -0.05) is 48.0 Å². The van der Waals surface area contributed by atoms with Crippen molar-refractivity contribution in [1.82, 2.24) is 13.4 Å². The van der Waals surface area contributed by atoms with E-state index in [9.17, 15) is 8.42 Å². The summed E-state index contributed by atoms with van der Waals surface area (Å²) in [6.45, 7) is 2.55. The Morgan fingerprint density at radius 3 is 2.41 bits per heavy atom. The molecule has 9 heteroatoms. The van der Waals surface area contributed by atoms with Gasteiger partial charge in [-0.05, 0) is 61.4 Å². The van der Waals surface area contributed by atoms with Gasteiger partial charge in [0.1, 0.15) is 17.2 Å². The Bertz CT molecular complexity index is 1980. The molecule has 0 saturated carbocycles. The Morgan fingerprint density at radius 2 is 1.63 bits per heavy atom. The number of anilines is 1. The quantitative estimate of drug-likeness (QED) is 0.225. The zero-order valence-corrected chi connectivity index (χ0v) is 23.9. The van der Waals surface area contributed by atoms with Crippen LogP contribution in [0.15, 0.2) is 102 Å². The van der Waals surface area contributed by atoms with E-state index in [-0.39, 0.29) is 4.90 Å². The van der Waals surface area contributed by atoms with Gasteiger partial charge >= 0.3 is 0 Å². The molecule has 0 aliphatic carbocycles. The van der Waals surface area contributed by atoms with Gasteiger partial charge in [-0.25, -0.2) is 17.4 Å². The second-order valence-corrected chi connectivity index (χ2v) is 11.6. The van der Waals surface area contributed by atoms with E-state index >= 15 is 0 Å². The molecule has 3 aromatic carbocycles. The van der Waals surface area contributed by atoms with Gasteiger partial charge in [-0.3, -0.25) is 4.40 Å². The van der Waals surface area contributed by atoms with Crippen molar-refractivity contribution in [3.63, 3.8) is 0 Å². The van der Waals surface area contributed by atoms with Crippen LogP contribution in [0.5, 0.6) is 11.5 Å². The number of pyridine rings is 1. The summed E-state index contributed by atoms with van der Waals surface area (Å²) in [6, 6.07) is 26.1. The molecule has 0 atom stereocenters. The Labute approximate surface area is 238 Å². The van der Waals surface area contributed by atoms with Crippen LogP contribution in [0, 0.1) is 6.92 Å². The highest BCUT2D eigenvalue weighted by atomic mass is 32.2. The van der Waals surface area contributed by atoms with Gasteiger partial charge in [-0.2, -0.15) is 0 Å². The molecule has 0 unspecified atom stereocenters. The van der Waals surface area contributed by atoms with Gasteiger partial charge in [0, 0.05) is 29.9 Å². The summed E-state index contributed by atoms with van der Waals surface area (Å²) in [4.78, 5) is 5.18. The fourth-order valence-corrected chi connectivity index (χ4v) is 6.44. The predicted octanol–water partition coefficient (Wildman–Crippen LogP) is 6.17. The number of nitrogens with one attached hydrogen (secondary N) is 1. The number of fused-ring (bicyclic) bond motifs is 2. The molecule has 0 aliphatic heterocycles. The van der Waals surface area contributed by atoms with E-state index in [1.165, 1.54) is 3.97 Å². The van der Waals surface area contributed by atoms with Crippen LogP contribution < -0.4 is 14.8 Å². The number of benzene rings is 3. The monoisotopic (exact) mass is 566 g/mol. The maximum atomic E-state index is 13.8. The highest BCUT2D eigenvalue weighted by Crippen LogP contribution is 2.37. The number of aryl methyl sites for hydroxylation is 1. The van der Waals surface area contributed by atoms with Gasteiger partial charge in [-0.15, -0.1) is 0 Å². The first-order valence-corrected chi connectivity index (χ1v) is 14.7. The fraction of sp³-hybridized carbons (Fsp3) is 0.156. The number of imidazole rings is 1. The molecule has 8 nitrogen and oxygen atoms in total. The summed E-state index contributed by atoms with van der Waals surface area (Å²) >= 11 is 0. The first-order valence-electron chi connectivity index (χ1n) is 13.3. The van der Waals surface area contributed by atoms with Crippen LogP contribution in [0.25, 0.3) is 27.8 Å². The molecule has 0 fully saturated rings. The minimum absolute atomic E-state index is 0.235. The minimum atomic E-state index is -3.84. The number of para-hydroxylation sites is 1. The topological polar surface area (TPSA) is 86.9 Å². The Kier molecular flexibility index (Phi) is 6.88. The average Bonchev–Trinajstić information content (AvgIpc) is 3.56. The lowest BCUT2D eigenvalue weighted by molar-refractivity contribution is 0.354. The average molecular weight is 567 g/mol. The lowest BCUT2D eigenvalue weighted by atomic mass is 10.1. The Morgan fingerprint density at radius 1 is 0.878 bits per heavy atom. The van der Waals surface area contributed by atoms with Crippen LogP contribution in [0.2, 0.25) is 0 Å². The molecule has 0 radical (unpaired) electrons. The molecule has 3 heterocycles. The zero-order valence-electron chi connectivity index (χ0n) is 23.0. The Hall–Kier alpha value is -4.76. The van der Waals surface area contributed by atoms with Crippen molar-refractivity contribution in [3.05, 3.63) is 108 Å². The normalized spacial score (nSPS) is 11.7. The third-order valence-corrected chi connectivity index (χ3v) is 8.88. The number of nitrogens with zero attached hydrogens (tertiary/aromatic N) is 3. The summed E-state index contributed by atoms with van der Waals surface area (Å²) in [5.74, 6) is 2.16. The third-order valence-electron chi connectivity index (χ3n) is 7.19. The maximum absolute atomic E-state index is 13.8. The van der Waals surface area contributed by atoms with E-state index < -0.39 is 10.0 Å². The smallest absolute Gasteiger partial charge is 0.268 e. The van der Waals surface area contributed by atoms with Gasteiger partial charge in [0.05, 0.1) is 24.6 Å². The number of hydrogen-bond donors (Lipinski definition) is 1. The molecule has 1 N–H and O–H groups in total. The molecule has 0 amide bonds. The summed E-state index contributed by atoms with van der Waals surface area (Å²) in [5, 5.41) is 4.37. The van der Waals surface area contributed by atoms with Crippen LogP contribution in [-0.4, -0.2) is 42.5 Å². The molecule has 6 aromatic rings. The summed E-state index contributed by atoms with van der Waals surface area (Å²) < 4.78 is 41.8. The van der Waals surface area contributed by atoms with E-state index in [1.807, 2.05) is 90.3 Å². The van der Waals surface area contributed by atoms with Gasteiger partial charge in [0.25, 0.3) is 10.0 Å². The first kappa shape index (κ1) is 26.5. The molecule has 3 aromatic heterocycles. The van der Waals surface area contributed by atoms with Gasteiger partial charge < -0.3 is 14.8 Å². The highest BCUT2D eigenvalue weighted by Gasteiger charge is 2.24. The summed E-state index contributed by atoms with van der Waals surface area (Å²) in [5.41, 5.74) is 4.85. The van der Waals surface area contributed by atoms with Crippen molar-refractivity contribution in [2.24, 2.45) is 0 Å². The van der Waals surface area contributed by atoms with Gasteiger partial charge in [0.15, 0.2) is 11.5 Å². The van der Waals surface area contributed by atoms with E-state index in [1.54, 1.807) is 32.5 Å². The summed E-state index contributed by atoms with van der Waals surface area (Å²) in [6.07, 6.45) is 4.36. The number of aromatic nitrogens is 3. The molecule has 41 heavy (non-hydrogen) atoms. The van der Waals surface area contributed by atoms with Gasteiger partial charge in [0.2, 0.25) is 0 Å².